The van der Waals surface area contributed by atoms with Crippen LogP contribution >= 0.6 is 0 Å². The molecule has 0 aliphatic carbocycles. The van der Waals surface area contributed by atoms with E-state index in [-0.39, 0.29) is 20.1 Å². The first-order chi connectivity index (χ1) is 31.7. The van der Waals surface area contributed by atoms with Crippen molar-refractivity contribution in [2.45, 2.75) is 98.6 Å². The van der Waals surface area contributed by atoms with Crippen LogP contribution in [0.1, 0.15) is 124 Å². The Balaban J connectivity index is 0.000000210. The van der Waals surface area contributed by atoms with Crippen LogP contribution in [0.3, 0.4) is 0 Å². The van der Waals surface area contributed by atoms with E-state index in [9.17, 15) is 0 Å². The summed E-state index contributed by atoms with van der Waals surface area (Å²) in [5.41, 5.74) is 16.4. The van der Waals surface area contributed by atoms with Crippen molar-refractivity contribution in [1.29, 1.82) is 0 Å². The molecule has 0 amide bonds. The van der Waals surface area contributed by atoms with Gasteiger partial charge in [0, 0.05) is 49.7 Å². The van der Waals surface area contributed by atoms with E-state index in [0.717, 1.165) is 59.1 Å². The van der Waals surface area contributed by atoms with Crippen molar-refractivity contribution < 1.29 is 29.2 Å². The van der Waals surface area contributed by atoms with Crippen LogP contribution in [-0.4, -0.2) is 13.7 Å². The van der Waals surface area contributed by atoms with Crippen molar-refractivity contribution in [3.63, 3.8) is 0 Å². The molecule has 6 heteroatoms. The Morgan fingerprint density at radius 1 is 0.478 bits per heavy atom. The number of fused-ring (bicyclic) bond motifs is 3. The molecule has 6 aromatic carbocycles. The van der Waals surface area contributed by atoms with Crippen LogP contribution in [0.15, 0.2) is 152 Å². The molecule has 0 saturated carbocycles. The summed E-state index contributed by atoms with van der Waals surface area (Å²) in [4.78, 5) is 0. The van der Waals surface area contributed by atoms with E-state index in [1.165, 1.54) is 55.2 Å². The average molecular weight is 1060 g/mol. The third kappa shape index (κ3) is 9.75. The Morgan fingerprint density at radius 3 is 1.43 bits per heavy atom. The van der Waals surface area contributed by atoms with Crippen molar-refractivity contribution >= 4 is 21.8 Å². The maximum atomic E-state index is 4.52. The molecule has 3 heterocycles. The smallest absolute Gasteiger partial charge is 0.128 e. The van der Waals surface area contributed by atoms with Crippen LogP contribution in [-0.2, 0) is 39.6 Å². The second-order valence-corrected chi connectivity index (χ2v) is 19.1. The molecular formula is C61H67IrN5-2. The molecule has 9 aromatic rings. The van der Waals surface area contributed by atoms with Crippen LogP contribution in [0, 0.1) is 27.9 Å². The Morgan fingerprint density at radius 2 is 0.925 bits per heavy atom. The van der Waals surface area contributed by atoms with Gasteiger partial charge in [-0.3, -0.25) is 0 Å². The molecule has 0 fully saturated rings. The number of aromatic nitrogens is 5. The molecule has 347 valence electrons. The van der Waals surface area contributed by atoms with Crippen molar-refractivity contribution in [1.82, 2.24) is 13.7 Å². The third-order valence-corrected chi connectivity index (χ3v) is 13.3. The molecule has 0 aliphatic rings. The number of hydrogen-bond donors (Lipinski definition) is 0. The van der Waals surface area contributed by atoms with Gasteiger partial charge in [-0.15, -0.1) is 24.3 Å². The second-order valence-electron chi connectivity index (χ2n) is 19.1. The van der Waals surface area contributed by atoms with Gasteiger partial charge in [-0.1, -0.05) is 151 Å². The summed E-state index contributed by atoms with van der Waals surface area (Å²) in [7, 11) is 8.51. The number of hydrogen-bond acceptors (Lipinski definition) is 0. The molecule has 0 saturated heterocycles. The first-order valence-electron chi connectivity index (χ1n) is 23.7. The molecule has 0 aliphatic heterocycles. The molecule has 9 rings (SSSR count). The third-order valence-electron chi connectivity index (χ3n) is 13.3. The minimum atomic E-state index is 0. The minimum Gasteiger partial charge on any atom is -0.379 e. The minimum absolute atomic E-state index is 0. The van der Waals surface area contributed by atoms with E-state index in [2.05, 4.69) is 231 Å². The van der Waals surface area contributed by atoms with Crippen molar-refractivity contribution in [3.8, 4) is 28.5 Å². The fourth-order valence-electron chi connectivity index (χ4n) is 10.0. The van der Waals surface area contributed by atoms with E-state index < -0.39 is 0 Å². The molecule has 0 N–H and O–H groups in total. The fraction of sp³-hybridized carbons (Fsp3) is 0.246. The fourth-order valence-corrected chi connectivity index (χ4v) is 10.0. The maximum absolute atomic E-state index is 4.52. The number of nitrogens with zero attached hydrogens (tertiary/aromatic N) is 5. The van der Waals surface area contributed by atoms with Gasteiger partial charge >= 0.3 is 0 Å². The Hall–Kier alpha value is -6.33. The average Bonchev–Trinajstić information content (AvgIpc) is 3.97. The molecule has 0 bridgehead atoms. The molecule has 67 heavy (non-hydrogen) atoms. The summed E-state index contributed by atoms with van der Waals surface area (Å²) in [5, 5.41) is 2.52. The van der Waals surface area contributed by atoms with Crippen molar-refractivity contribution in [3.05, 3.63) is 225 Å². The van der Waals surface area contributed by atoms with Gasteiger partial charge in [-0.25, -0.2) is 0 Å². The normalized spacial score (nSPS) is 11.5. The number of aryl methyl sites for hydroxylation is 1. The first-order valence-corrected chi connectivity index (χ1v) is 23.7. The van der Waals surface area contributed by atoms with E-state index in [1.54, 1.807) is 0 Å². The summed E-state index contributed by atoms with van der Waals surface area (Å²) in [6, 6.07) is 45.6. The van der Waals surface area contributed by atoms with E-state index in [4.69, 9.17) is 0 Å². The first kappa shape index (κ1) is 48.6. The van der Waals surface area contributed by atoms with Crippen molar-refractivity contribution in [2.75, 3.05) is 0 Å². The molecular weight excluding hydrogens is 995 g/mol. The molecule has 0 atom stereocenters. The summed E-state index contributed by atoms with van der Waals surface area (Å²) in [5.74, 6) is 4.13. The van der Waals surface area contributed by atoms with E-state index in [1.807, 2.05) is 27.6 Å². The number of para-hydroxylation sites is 2. The van der Waals surface area contributed by atoms with Crippen molar-refractivity contribution in [2.24, 2.45) is 0 Å². The largest absolute Gasteiger partial charge is 0.379 e. The van der Waals surface area contributed by atoms with Gasteiger partial charge in [0.1, 0.15) is 18.2 Å². The van der Waals surface area contributed by atoms with Gasteiger partial charge in [-0.2, -0.15) is 31.0 Å². The van der Waals surface area contributed by atoms with Gasteiger partial charge in [0.05, 0.1) is 30.0 Å². The quantitative estimate of drug-likeness (QED) is 0.0860. The topological polar surface area (TPSA) is 22.5 Å². The number of benzene rings is 6. The van der Waals surface area contributed by atoms with Crippen LogP contribution in [0.4, 0.5) is 0 Å². The predicted octanol–water partition coefficient (Wildman–Crippen LogP) is 14.4. The van der Waals surface area contributed by atoms with Gasteiger partial charge in [-0.05, 0) is 89.0 Å². The second kappa shape index (κ2) is 20.7. The van der Waals surface area contributed by atoms with E-state index >= 15 is 0 Å². The summed E-state index contributed by atoms with van der Waals surface area (Å²) >= 11 is 0. The Labute approximate surface area is 414 Å². The zero-order valence-corrected chi connectivity index (χ0v) is 43.2. The molecule has 1 radical (unpaired) electrons. The van der Waals surface area contributed by atoms with Gasteiger partial charge in [0.15, 0.2) is 0 Å². The van der Waals surface area contributed by atoms with Crippen LogP contribution in [0.25, 0.3) is 50.3 Å². The number of rotatable bonds is 12. The summed E-state index contributed by atoms with van der Waals surface area (Å²) in [6.07, 6.45) is 9.36. The van der Waals surface area contributed by atoms with Gasteiger partial charge in [0.25, 0.3) is 0 Å². The van der Waals surface area contributed by atoms with Crippen LogP contribution in [0.5, 0.6) is 0 Å². The Kier molecular flexibility index (Phi) is 15.0. The molecule has 0 spiro atoms. The number of imidazole rings is 2. The Bertz CT molecular complexity index is 3030. The summed E-state index contributed by atoms with van der Waals surface area (Å²) in [6.45, 7) is 28.7. The van der Waals surface area contributed by atoms with Crippen LogP contribution < -0.4 is 9.13 Å². The predicted molar refractivity (Wildman–Crippen MR) is 277 cm³/mol. The molecule has 3 aromatic heterocycles. The summed E-state index contributed by atoms with van der Waals surface area (Å²) < 4.78 is 10.9. The van der Waals surface area contributed by atoms with E-state index in [0.29, 0.717) is 23.7 Å². The zero-order chi connectivity index (χ0) is 46.8. The zero-order valence-electron chi connectivity index (χ0n) is 40.8. The SMILES string of the molecule is [CH2-]c1cc(-n2c3ccccc3c3ccccc32)ccc1-c1n(Cc2c(C(C)C)cccc2C(C)C)cc[n+]1[CH2-].[CH2-]c1ccccc1-c1n(CCc2c(C(C)C)cccc2C(C)C)cc[n+]1[CH2-].[Ir]. The van der Waals surface area contributed by atoms with Crippen LogP contribution in [0.2, 0.25) is 0 Å². The monoisotopic (exact) mass is 1060 g/mol. The molecule has 0 unspecified atom stereocenters. The maximum Gasteiger partial charge on any atom is 0.128 e. The molecule has 5 nitrogen and oxygen atoms in total. The van der Waals surface area contributed by atoms with Gasteiger partial charge < -0.3 is 22.8 Å². The van der Waals surface area contributed by atoms with Gasteiger partial charge in [0.2, 0.25) is 0 Å². The standard InChI is InChI=1S/C36H36N3.C25H31N2.Ir/c1-24(2)28-14-11-15-29(25(3)4)33(28)23-38-21-20-37(6)36(38)30-19-18-27(22-26(30)5)39-34-16-9-7-12-31(34)32-13-8-10-17-35(32)39;1-18(2)21-12-9-13-22(19(3)4)24(21)14-15-27-17-16-26(6)25(27)23-11-8-7-10-20(23)5;/h7-22,24-25H,5-6,23H2,1-4H3;7-13,16-19H,5-6,14-15H2,1-4H3;/q2*-1;.